The molecule has 1 amide bonds. The molecule has 32 heavy (non-hydrogen) atoms. The number of hydrogen-bond donors (Lipinski definition) is 1. The van der Waals surface area contributed by atoms with Gasteiger partial charge in [-0.25, -0.2) is 9.97 Å². The zero-order valence-corrected chi connectivity index (χ0v) is 19.4. The third-order valence-electron chi connectivity index (χ3n) is 4.64. The van der Waals surface area contributed by atoms with Crippen molar-refractivity contribution in [1.82, 2.24) is 9.97 Å². The molecule has 0 saturated carbocycles. The Bertz CT molecular complexity index is 1090. The van der Waals surface area contributed by atoms with Gasteiger partial charge >= 0.3 is 6.01 Å². The van der Waals surface area contributed by atoms with E-state index in [1.54, 1.807) is 31.4 Å². The Balaban J connectivity index is 1.65. The molecular weight excluding hydrogens is 406 g/mol. The third-order valence-corrected chi connectivity index (χ3v) is 4.64. The maximum absolute atomic E-state index is 12.5. The highest BCUT2D eigenvalue weighted by molar-refractivity contribution is 5.92. The van der Waals surface area contributed by atoms with Crippen molar-refractivity contribution >= 4 is 11.6 Å². The van der Waals surface area contributed by atoms with Crippen LogP contribution in [0, 0.1) is 13.8 Å². The highest BCUT2D eigenvalue weighted by atomic mass is 16.5. The Hall–Kier alpha value is -3.61. The van der Waals surface area contributed by atoms with Crippen molar-refractivity contribution in [1.29, 1.82) is 0 Å². The van der Waals surface area contributed by atoms with Crippen LogP contribution in [-0.2, 0) is 10.2 Å². The zero-order valence-electron chi connectivity index (χ0n) is 19.4. The number of carbonyl (C=O) groups is 1. The van der Waals surface area contributed by atoms with Gasteiger partial charge in [0.25, 0.3) is 5.91 Å². The van der Waals surface area contributed by atoms with Gasteiger partial charge in [0.15, 0.2) is 6.61 Å². The normalized spacial score (nSPS) is 11.1. The van der Waals surface area contributed by atoms with Crippen molar-refractivity contribution in [3.63, 3.8) is 0 Å². The molecule has 168 valence electrons. The second kappa shape index (κ2) is 9.68. The fourth-order valence-electron chi connectivity index (χ4n) is 3.17. The first-order chi connectivity index (χ1) is 15.1. The molecule has 0 saturated heterocycles. The number of hydrogen-bond acceptors (Lipinski definition) is 6. The van der Waals surface area contributed by atoms with Crippen LogP contribution in [0.1, 0.15) is 37.7 Å². The van der Waals surface area contributed by atoms with Gasteiger partial charge in [-0.2, -0.15) is 0 Å². The van der Waals surface area contributed by atoms with E-state index < -0.39 is 0 Å². The average Bonchev–Trinajstić information content (AvgIpc) is 2.71. The molecule has 0 spiro atoms. The van der Waals surface area contributed by atoms with Crippen molar-refractivity contribution in [2.75, 3.05) is 19.0 Å². The van der Waals surface area contributed by atoms with Crippen molar-refractivity contribution in [3.8, 4) is 23.3 Å². The van der Waals surface area contributed by atoms with Gasteiger partial charge in [0.05, 0.1) is 7.11 Å². The summed E-state index contributed by atoms with van der Waals surface area (Å²) < 4.78 is 16.9. The number of methoxy groups -OCH3 is 1. The average molecular weight is 436 g/mol. The maximum Gasteiger partial charge on any atom is 0.322 e. The first kappa shape index (κ1) is 23.1. The smallest absolute Gasteiger partial charge is 0.322 e. The van der Waals surface area contributed by atoms with Gasteiger partial charge in [0, 0.05) is 28.7 Å². The summed E-state index contributed by atoms with van der Waals surface area (Å²) >= 11 is 0. The number of nitrogens with zero attached hydrogens (tertiary/aromatic N) is 2. The highest BCUT2D eigenvalue weighted by Crippen LogP contribution is 2.34. The highest BCUT2D eigenvalue weighted by Gasteiger charge is 2.20. The molecule has 0 aliphatic heterocycles. The fraction of sp³-hybridized carbons (Fsp3) is 0.320. The van der Waals surface area contributed by atoms with Crippen LogP contribution in [0.5, 0.6) is 23.3 Å². The first-order valence-electron chi connectivity index (χ1n) is 10.4. The monoisotopic (exact) mass is 435 g/mol. The summed E-state index contributed by atoms with van der Waals surface area (Å²) in [5.41, 5.74) is 3.03. The lowest BCUT2D eigenvalue weighted by molar-refractivity contribution is -0.118. The minimum Gasteiger partial charge on any atom is -0.497 e. The standard InChI is InChI=1S/C25H29N3O4/c1-16-12-17(2)27-24(26-16)32-20-9-7-8-18(13-20)28-23(29)15-31-22-11-10-19(30-6)14-21(22)25(3,4)5/h7-14H,15H2,1-6H3,(H,28,29). The molecule has 0 radical (unpaired) electrons. The summed E-state index contributed by atoms with van der Waals surface area (Å²) in [6.07, 6.45) is 0. The van der Waals surface area contributed by atoms with Crippen LogP contribution in [0.15, 0.2) is 48.5 Å². The number of aromatic nitrogens is 2. The van der Waals surface area contributed by atoms with Gasteiger partial charge < -0.3 is 19.5 Å². The number of nitrogens with one attached hydrogen (secondary N) is 1. The predicted octanol–water partition coefficient (Wildman–Crippen LogP) is 5.21. The molecule has 7 heteroatoms. The number of rotatable bonds is 7. The van der Waals surface area contributed by atoms with Gasteiger partial charge in [0.2, 0.25) is 0 Å². The van der Waals surface area contributed by atoms with E-state index in [1.807, 2.05) is 38.1 Å². The van der Waals surface area contributed by atoms with Crippen molar-refractivity contribution < 1.29 is 19.0 Å². The molecule has 0 fully saturated rings. The van der Waals surface area contributed by atoms with Gasteiger partial charge in [-0.05, 0) is 55.7 Å². The molecule has 1 N–H and O–H groups in total. The van der Waals surface area contributed by atoms with E-state index in [9.17, 15) is 4.79 Å². The Morgan fingerprint density at radius 2 is 1.69 bits per heavy atom. The number of carbonyl (C=O) groups excluding carboxylic acids is 1. The summed E-state index contributed by atoms with van der Waals surface area (Å²) in [4.78, 5) is 21.0. The molecule has 0 atom stereocenters. The number of anilines is 1. The molecule has 0 bridgehead atoms. The van der Waals surface area contributed by atoms with Crippen LogP contribution in [0.25, 0.3) is 0 Å². The second-order valence-corrected chi connectivity index (χ2v) is 8.51. The minimum atomic E-state index is -0.277. The molecule has 7 nitrogen and oxygen atoms in total. The topological polar surface area (TPSA) is 82.6 Å². The van der Waals surface area contributed by atoms with E-state index in [1.165, 1.54) is 0 Å². The molecule has 2 aromatic carbocycles. The van der Waals surface area contributed by atoms with Crippen molar-refractivity contribution in [2.45, 2.75) is 40.0 Å². The van der Waals surface area contributed by atoms with E-state index in [-0.39, 0.29) is 23.9 Å². The van der Waals surface area contributed by atoms with Crippen molar-refractivity contribution in [3.05, 3.63) is 65.5 Å². The second-order valence-electron chi connectivity index (χ2n) is 8.51. The number of aryl methyl sites for hydroxylation is 2. The first-order valence-corrected chi connectivity index (χ1v) is 10.4. The summed E-state index contributed by atoms with van der Waals surface area (Å²) in [5, 5.41) is 2.83. The van der Waals surface area contributed by atoms with Crippen LogP contribution in [-0.4, -0.2) is 29.6 Å². The zero-order chi connectivity index (χ0) is 23.3. The van der Waals surface area contributed by atoms with Crippen LogP contribution < -0.4 is 19.5 Å². The van der Waals surface area contributed by atoms with Crippen LogP contribution >= 0.6 is 0 Å². The molecule has 0 aliphatic rings. The number of benzene rings is 2. The van der Waals surface area contributed by atoms with Crippen LogP contribution in [0.4, 0.5) is 5.69 Å². The summed E-state index contributed by atoms with van der Waals surface area (Å²) in [7, 11) is 1.62. The molecule has 3 aromatic rings. The largest absolute Gasteiger partial charge is 0.497 e. The number of amides is 1. The summed E-state index contributed by atoms with van der Waals surface area (Å²) in [5.74, 6) is 1.65. The Labute approximate surface area is 188 Å². The third kappa shape index (κ3) is 6.20. The maximum atomic E-state index is 12.5. The van der Waals surface area contributed by atoms with Crippen LogP contribution in [0.3, 0.4) is 0 Å². The molecular formula is C25H29N3O4. The molecule has 1 aromatic heterocycles. The van der Waals surface area contributed by atoms with Crippen LogP contribution in [0.2, 0.25) is 0 Å². The lowest BCUT2D eigenvalue weighted by Gasteiger charge is -2.23. The quantitative estimate of drug-likeness (QED) is 0.549. The van der Waals surface area contributed by atoms with E-state index in [4.69, 9.17) is 14.2 Å². The van der Waals surface area contributed by atoms with E-state index in [0.717, 1.165) is 22.7 Å². The molecule has 0 aliphatic carbocycles. The van der Waals surface area contributed by atoms with Gasteiger partial charge in [0.1, 0.15) is 17.2 Å². The molecule has 1 heterocycles. The van der Waals surface area contributed by atoms with Gasteiger partial charge in [-0.15, -0.1) is 0 Å². The minimum absolute atomic E-state index is 0.124. The molecule has 0 unspecified atom stereocenters. The fourth-order valence-corrected chi connectivity index (χ4v) is 3.17. The lowest BCUT2D eigenvalue weighted by Crippen LogP contribution is -2.22. The Kier molecular flexibility index (Phi) is 6.98. The van der Waals surface area contributed by atoms with Gasteiger partial charge in [-0.3, -0.25) is 4.79 Å². The lowest BCUT2D eigenvalue weighted by atomic mass is 9.86. The number of ether oxygens (including phenoxy) is 3. The van der Waals surface area contributed by atoms with Gasteiger partial charge in [-0.1, -0.05) is 26.8 Å². The van der Waals surface area contributed by atoms with E-state index in [0.29, 0.717) is 17.2 Å². The SMILES string of the molecule is COc1ccc(OCC(=O)Nc2cccc(Oc3nc(C)cc(C)n3)c2)c(C(C)(C)C)c1. The predicted molar refractivity (Wildman–Crippen MR) is 124 cm³/mol. The summed E-state index contributed by atoms with van der Waals surface area (Å²) in [6, 6.07) is 14.8. The summed E-state index contributed by atoms with van der Waals surface area (Å²) in [6.45, 7) is 9.89. The Morgan fingerprint density at radius 1 is 0.969 bits per heavy atom. The van der Waals surface area contributed by atoms with E-state index in [2.05, 4.69) is 36.1 Å². The van der Waals surface area contributed by atoms with Crippen molar-refractivity contribution in [2.24, 2.45) is 0 Å². The molecule has 3 rings (SSSR count). The van der Waals surface area contributed by atoms with E-state index >= 15 is 0 Å². The Morgan fingerprint density at radius 3 is 2.34 bits per heavy atom.